The van der Waals surface area contributed by atoms with Crippen LogP contribution in [-0.4, -0.2) is 3.21 Å². The second-order valence-corrected chi connectivity index (χ2v) is 17.4. The van der Waals surface area contributed by atoms with Crippen LogP contribution in [0.25, 0.3) is 11.1 Å². The van der Waals surface area contributed by atoms with Crippen LogP contribution in [0.1, 0.15) is 143 Å². The van der Waals surface area contributed by atoms with E-state index in [0.29, 0.717) is 11.8 Å². The van der Waals surface area contributed by atoms with Gasteiger partial charge in [-0.1, -0.05) is 71.6 Å². The normalized spacial score (nSPS) is 12.6. The Morgan fingerprint density at radius 3 is 1.54 bits per heavy atom. The number of aryl methyl sites for hydroxylation is 2. The topological polar surface area (TPSA) is 0 Å². The average molecular weight is 783 g/mol. The zero-order valence-corrected chi connectivity index (χ0v) is 36.4. The zero-order chi connectivity index (χ0) is 35.4. The fourth-order valence-electron chi connectivity index (χ4n) is 6.60. The van der Waals surface area contributed by atoms with E-state index in [2.05, 4.69) is 168 Å². The Hall–Kier alpha value is -2.31. The van der Waals surface area contributed by atoms with Crippen molar-refractivity contribution in [2.24, 2.45) is 0 Å². The number of fused-ring (bicyclic) bond motifs is 3. The Kier molecular flexibility index (Phi) is 16.2. The van der Waals surface area contributed by atoms with Crippen LogP contribution in [0, 0.1) is 26.0 Å². The monoisotopic (exact) mass is 780 g/mol. The molecule has 4 aromatic carbocycles. The molecule has 3 heteroatoms. The van der Waals surface area contributed by atoms with E-state index >= 15 is 0 Å². The van der Waals surface area contributed by atoms with Crippen LogP contribution in [0.3, 0.4) is 0 Å². The van der Waals surface area contributed by atoms with Crippen molar-refractivity contribution in [2.45, 2.75) is 119 Å². The standard InChI is InChI=1S/C23H29.C19H22.C5H5.2ClH.Zr/c1-14-9-16-11-17-10-15(2)21(23(6,7)8)13-19(17)18(16)12-20(14)22(3,4)5;1-14(2)18-9-5-16(6-10-18)13-17-7-11-19(12-8-17)15(3)4;1-2-4-5-3-1;;;/h9,12-13H,11H2,1-8H3;5-12,14-15H,1-4H3;1-3H,4H2;2*1H;/q-1;;-1;;;+2/p-2. The van der Waals surface area contributed by atoms with Gasteiger partial charge in [-0.3, -0.25) is 6.08 Å². The molecule has 0 heterocycles. The maximum atomic E-state index is 3.69. The zero-order valence-electron chi connectivity index (χ0n) is 32.4. The van der Waals surface area contributed by atoms with E-state index in [1.165, 1.54) is 94.2 Å². The first-order chi connectivity index (χ1) is 22.5. The van der Waals surface area contributed by atoms with Crippen molar-refractivity contribution < 1.29 is 49.0 Å². The molecule has 0 saturated heterocycles. The number of hydrogen-bond donors (Lipinski definition) is 0. The minimum Gasteiger partial charge on any atom is -1.00 e. The minimum atomic E-state index is 0. The molecule has 264 valence electrons. The van der Waals surface area contributed by atoms with Gasteiger partial charge in [-0.25, -0.2) is 12.2 Å². The summed E-state index contributed by atoms with van der Waals surface area (Å²) in [4.78, 5) is 0. The maximum Gasteiger partial charge on any atom is -0.0129 e. The molecule has 0 aromatic heterocycles. The van der Waals surface area contributed by atoms with E-state index in [9.17, 15) is 0 Å². The molecule has 0 saturated carbocycles. The largest absolute Gasteiger partial charge is 1.00 e. The van der Waals surface area contributed by atoms with Crippen molar-refractivity contribution in [3.63, 3.8) is 0 Å². The maximum absolute atomic E-state index is 3.69. The Bertz CT molecular complexity index is 1660. The summed E-state index contributed by atoms with van der Waals surface area (Å²) in [5, 5.41) is 0. The van der Waals surface area contributed by atoms with E-state index in [1.54, 1.807) is 0 Å². The van der Waals surface area contributed by atoms with Gasteiger partial charge < -0.3 is 24.8 Å². The number of benzene rings is 4. The van der Waals surface area contributed by atoms with Crippen LogP contribution in [0.5, 0.6) is 0 Å². The van der Waals surface area contributed by atoms with E-state index < -0.39 is 0 Å². The molecule has 0 N–H and O–H groups in total. The van der Waals surface area contributed by atoms with Gasteiger partial charge in [0.1, 0.15) is 0 Å². The summed E-state index contributed by atoms with van der Waals surface area (Å²) < 4.78 is 1.43. The summed E-state index contributed by atoms with van der Waals surface area (Å²) in [5.41, 5.74) is 17.1. The first-order valence-corrected chi connectivity index (χ1v) is 18.9. The summed E-state index contributed by atoms with van der Waals surface area (Å²) in [6, 6.07) is 29.0. The summed E-state index contributed by atoms with van der Waals surface area (Å²) in [7, 11) is 0. The predicted molar refractivity (Wildman–Crippen MR) is 206 cm³/mol. The summed E-state index contributed by atoms with van der Waals surface area (Å²) >= 11 is 1.47. The van der Waals surface area contributed by atoms with Crippen molar-refractivity contribution in [3.05, 3.63) is 153 Å². The first kappa shape index (κ1) is 43.9. The molecule has 0 fully saturated rings. The molecule has 0 spiro atoms. The molecule has 6 rings (SSSR count). The quantitative estimate of drug-likeness (QED) is 0.180. The molecule has 0 nitrogen and oxygen atoms in total. The summed E-state index contributed by atoms with van der Waals surface area (Å²) in [6.07, 6.45) is 11.0. The second kappa shape index (κ2) is 18.4. The molecule has 0 bridgehead atoms. The van der Waals surface area contributed by atoms with Gasteiger partial charge >= 0.3 is 138 Å². The Balaban J connectivity index is 0.000000295. The molecular weight excluding hydrogens is 727 g/mol. The van der Waals surface area contributed by atoms with E-state index in [0.717, 1.165) is 12.8 Å². The van der Waals surface area contributed by atoms with Gasteiger partial charge in [0.2, 0.25) is 0 Å². The van der Waals surface area contributed by atoms with Crippen molar-refractivity contribution in [1.82, 2.24) is 0 Å². The molecule has 0 radical (unpaired) electrons. The van der Waals surface area contributed by atoms with Crippen LogP contribution in [0.4, 0.5) is 0 Å². The Morgan fingerprint density at radius 2 is 1.16 bits per heavy atom. The van der Waals surface area contributed by atoms with Crippen molar-refractivity contribution in [2.75, 3.05) is 0 Å². The molecule has 2 aliphatic carbocycles. The van der Waals surface area contributed by atoms with Crippen LogP contribution in [0.2, 0.25) is 0 Å². The minimum absolute atomic E-state index is 0. The molecular formula is C47H56Cl2Zr-2. The third kappa shape index (κ3) is 11.1. The number of hydrogen-bond acceptors (Lipinski definition) is 0. The van der Waals surface area contributed by atoms with E-state index in [-0.39, 0.29) is 35.6 Å². The van der Waals surface area contributed by atoms with Crippen LogP contribution in [-0.2, 0) is 41.5 Å². The fourth-order valence-corrected chi connectivity index (χ4v) is 7.42. The molecule has 50 heavy (non-hydrogen) atoms. The van der Waals surface area contributed by atoms with Crippen molar-refractivity contribution in [3.8, 4) is 11.1 Å². The van der Waals surface area contributed by atoms with Crippen molar-refractivity contribution in [1.29, 1.82) is 0 Å². The van der Waals surface area contributed by atoms with Crippen LogP contribution in [0.15, 0.2) is 85.0 Å². The third-order valence-electron chi connectivity index (χ3n) is 9.40. The second-order valence-electron chi connectivity index (χ2n) is 16.1. The number of halogens is 2. The van der Waals surface area contributed by atoms with Gasteiger partial charge in [-0.15, -0.1) is 23.1 Å². The molecule has 0 aliphatic heterocycles. The molecule has 4 aromatic rings. The number of allylic oxidation sites excluding steroid dienone is 4. The van der Waals surface area contributed by atoms with Crippen LogP contribution < -0.4 is 24.8 Å². The smallest absolute Gasteiger partial charge is 0.0129 e. The molecule has 0 atom stereocenters. The summed E-state index contributed by atoms with van der Waals surface area (Å²) in [5.74, 6) is 1.20. The average Bonchev–Trinajstić information content (AvgIpc) is 3.71. The van der Waals surface area contributed by atoms with Gasteiger partial charge in [0.25, 0.3) is 0 Å². The molecule has 0 amide bonds. The van der Waals surface area contributed by atoms with Gasteiger partial charge in [0.15, 0.2) is 0 Å². The van der Waals surface area contributed by atoms with E-state index in [1.807, 2.05) is 12.2 Å². The van der Waals surface area contributed by atoms with Gasteiger partial charge in [0.05, 0.1) is 0 Å². The van der Waals surface area contributed by atoms with Crippen molar-refractivity contribution >= 4 is 3.21 Å². The SMILES string of the molecule is CC(C)c1ccc([C](=[Zr+2])c2ccc(C(C)C)cc2)cc1.Cc1[c-]c2c(cc1C(C)(C)C)-c1cc(C(C)(C)C)c(C)cc1C2.[C-]1=CC=CC1.[Cl-].[Cl-]. The van der Waals surface area contributed by atoms with Gasteiger partial charge in [-0.05, 0) is 35.4 Å². The van der Waals surface area contributed by atoms with E-state index in [4.69, 9.17) is 0 Å². The van der Waals surface area contributed by atoms with Crippen LogP contribution >= 0.6 is 0 Å². The fraction of sp³-hybridized carbons (Fsp3) is 0.383. The number of rotatable bonds is 4. The van der Waals surface area contributed by atoms with Gasteiger partial charge in [0, 0.05) is 0 Å². The first-order valence-electron chi connectivity index (χ1n) is 17.7. The molecule has 2 aliphatic rings. The van der Waals surface area contributed by atoms with Gasteiger partial charge in [-0.2, -0.15) is 23.8 Å². The Morgan fingerprint density at radius 1 is 0.680 bits per heavy atom. The predicted octanol–water partition coefficient (Wildman–Crippen LogP) is 6.63. The molecule has 0 unspecified atom stereocenters. The summed E-state index contributed by atoms with van der Waals surface area (Å²) in [6.45, 7) is 27.2. The Labute approximate surface area is 332 Å². The third-order valence-corrected chi connectivity index (χ3v) is 10.8.